The Bertz CT molecular complexity index is 264. The smallest absolute Gasteiger partial charge is 0.188 e. The molecule has 5 nitrogen and oxygen atoms in total. The zero-order valence-corrected chi connectivity index (χ0v) is 11.6. The Balaban J connectivity index is 2.11. The molecule has 0 spiro atoms. The lowest BCUT2D eigenvalue weighted by Crippen LogP contribution is -2.32. The van der Waals surface area contributed by atoms with Gasteiger partial charge < -0.3 is 20.9 Å². The van der Waals surface area contributed by atoms with E-state index in [1.165, 1.54) is 32.6 Å². The molecule has 0 aliphatic carbocycles. The molecular weight excluding hydrogens is 226 g/mol. The molecule has 0 saturated carbocycles. The van der Waals surface area contributed by atoms with Crippen LogP contribution in [0.5, 0.6) is 0 Å². The first-order valence-corrected chi connectivity index (χ1v) is 6.78. The molecule has 1 fully saturated rings. The Morgan fingerprint density at radius 3 is 3.00 bits per heavy atom. The fourth-order valence-corrected chi connectivity index (χ4v) is 2.05. The summed E-state index contributed by atoms with van der Waals surface area (Å²) in [5.74, 6) is 0.519. The lowest BCUT2D eigenvalue weighted by Gasteiger charge is -2.19. The lowest BCUT2D eigenvalue weighted by atomic mass is 10.3. The van der Waals surface area contributed by atoms with Crippen molar-refractivity contribution >= 4 is 5.96 Å². The minimum atomic E-state index is 0.519. The highest BCUT2D eigenvalue weighted by molar-refractivity contribution is 5.77. The van der Waals surface area contributed by atoms with Crippen molar-refractivity contribution in [2.45, 2.75) is 12.8 Å². The monoisotopic (exact) mass is 253 g/mol. The molecular formula is C13H27N5. The van der Waals surface area contributed by atoms with Crippen molar-refractivity contribution in [3.63, 3.8) is 0 Å². The summed E-state index contributed by atoms with van der Waals surface area (Å²) in [5.41, 5.74) is 5.69. The maximum Gasteiger partial charge on any atom is 0.188 e. The number of nitrogens with two attached hydrogens (primary N) is 1. The molecule has 104 valence electrons. The Kier molecular flexibility index (Phi) is 7.44. The molecule has 1 saturated heterocycles. The molecule has 0 aromatic heterocycles. The van der Waals surface area contributed by atoms with Crippen molar-refractivity contribution in [3.05, 3.63) is 12.7 Å². The summed E-state index contributed by atoms with van der Waals surface area (Å²) in [6.45, 7) is 11.0. The average molecular weight is 253 g/mol. The summed E-state index contributed by atoms with van der Waals surface area (Å²) in [6.07, 6.45) is 4.11. The van der Waals surface area contributed by atoms with E-state index in [-0.39, 0.29) is 0 Å². The van der Waals surface area contributed by atoms with E-state index in [0.29, 0.717) is 12.5 Å². The molecule has 0 amide bonds. The van der Waals surface area contributed by atoms with Crippen LogP contribution >= 0.6 is 0 Å². The van der Waals surface area contributed by atoms with E-state index in [9.17, 15) is 0 Å². The van der Waals surface area contributed by atoms with Crippen LogP contribution in [0.1, 0.15) is 12.8 Å². The van der Waals surface area contributed by atoms with Crippen molar-refractivity contribution in [2.75, 3.05) is 52.9 Å². The summed E-state index contributed by atoms with van der Waals surface area (Å²) >= 11 is 0. The Morgan fingerprint density at radius 1 is 1.39 bits per heavy atom. The van der Waals surface area contributed by atoms with Crippen molar-refractivity contribution in [1.82, 2.24) is 15.1 Å². The van der Waals surface area contributed by atoms with Gasteiger partial charge in [0.15, 0.2) is 5.96 Å². The topological polar surface area (TPSA) is 56.9 Å². The summed E-state index contributed by atoms with van der Waals surface area (Å²) in [4.78, 5) is 9.20. The van der Waals surface area contributed by atoms with Gasteiger partial charge in [0.05, 0.1) is 0 Å². The summed E-state index contributed by atoms with van der Waals surface area (Å²) < 4.78 is 0. The normalized spacial score (nSPS) is 19.5. The Morgan fingerprint density at radius 2 is 2.22 bits per heavy atom. The zero-order valence-electron chi connectivity index (χ0n) is 11.6. The molecule has 0 atom stereocenters. The van der Waals surface area contributed by atoms with Gasteiger partial charge >= 0.3 is 0 Å². The lowest BCUT2D eigenvalue weighted by molar-refractivity contribution is 0.275. The molecule has 0 aromatic rings. The molecule has 3 N–H and O–H groups in total. The van der Waals surface area contributed by atoms with E-state index in [0.717, 1.165) is 19.5 Å². The zero-order chi connectivity index (χ0) is 13.2. The number of aliphatic imine (C=N–C) groups is 1. The van der Waals surface area contributed by atoms with Crippen LogP contribution in [0, 0.1) is 0 Å². The molecule has 1 heterocycles. The average Bonchev–Trinajstić information content (AvgIpc) is 2.57. The van der Waals surface area contributed by atoms with Gasteiger partial charge in [-0.05, 0) is 39.5 Å². The second kappa shape index (κ2) is 8.94. The van der Waals surface area contributed by atoms with Crippen molar-refractivity contribution in [2.24, 2.45) is 10.7 Å². The van der Waals surface area contributed by atoms with Gasteiger partial charge in [-0.2, -0.15) is 0 Å². The largest absolute Gasteiger partial charge is 0.370 e. The second-order valence-corrected chi connectivity index (χ2v) is 4.79. The van der Waals surface area contributed by atoms with E-state index in [2.05, 4.69) is 33.7 Å². The van der Waals surface area contributed by atoms with Crippen LogP contribution in [-0.2, 0) is 0 Å². The molecule has 0 aromatic carbocycles. The first-order chi connectivity index (χ1) is 8.72. The quantitative estimate of drug-likeness (QED) is 0.305. The molecule has 1 aliphatic rings. The van der Waals surface area contributed by atoms with E-state index in [1.807, 2.05) is 0 Å². The standard InChI is InChI=1S/C13H27N5/c1-3-6-15-13(14)16-7-4-9-18-10-5-8-17(2)11-12-18/h3H,1,4-12H2,2H3,(H3,14,15,16). The predicted molar refractivity (Wildman–Crippen MR) is 77.9 cm³/mol. The molecule has 1 aliphatic heterocycles. The second-order valence-electron chi connectivity index (χ2n) is 4.79. The molecule has 0 unspecified atom stereocenters. The van der Waals surface area contributed by atoms with Crippen LogP contribution in [0.25, 0.3) is 0 Å². The van der Waals surface area contributed by atoms with Crippen LogP contribution in [0.3, 0.4) is 0 Å². The molecule has 0 bridgehead atoms. The SMILES string of the molecule is C=CCNC(N)=NCCCN1CCCN(C)CC1. The van der Waals surface area contributed by atoms with E-state index >= 15 is 0 Å². The van der Waals surface area contributed by atoms with Gasteiger partial charge in [-0.15, -0.1) is 6.58 Å². The number of rotatable bonds is 6. The van der Waals surface area contributed by atoms with Crippen molar-refractivity contribution in [3.8, 4) is 0 Å². The van der Waals surface area contributed by atoms with Crippen LogP contribution in [-0.4, -0.2) is 68.6 Å². The summed E-state index contributed by atoms with van der Waals surface area (Å²) in [6, 6.07) is 0. The van der Waals surface area contributed by atoms with Crippen LogP contribution < -0.4 is 11.1 Å². The molecule has 5 heteroatoms. The molecule has 1 rings (SSSR count). The van der Waals surface area contributed by atoms with Crippen molar-refractivity contribution < 1.29 is 0 Å². The van der Waals surface area contributed by atoms with Gasteiger partial charge in [0.2, 0.25) is 0 Å². The van der Waals surface area contributed by atoms with E-state index in [1.54, 1.807) is 6.08 Å². The third-order valence-electron chi connectivity index (χ3n) is 3.15. The highest BCUT2D eigenvalue weighted by atomic mass is 15.2. The fourth-order valence-electron chi connectivity index (χ4n) is 2.05. The number of likely N-dealkylation sites (N-methyl/N-ethyl adjacent to an activating group) is 1. The van der Waals surface area contributed by atoms with Crippen molar-refractivity contribution in [1.29, 1.82) is 0 Å². The van der Waals surface area contributed by atoms with Gasteiger partial charge in [0.25, 0.3) is 0 Å². The third kappa shape index (κ3) is 6.61. The number of hydrogen-bond acceptors (Lipinski definition) is 3. The molecule has 0 radical (unpaired) electrons. The van der Waals surface area contributed by atoms with E-state index < -0.39 is 0 Å². The molecule has 18 heavy (non-hydrogen) atoms. The van der Waals surface area contributed by atoms with Crippen LogP contribution in [0.4, 0.5) is 0 Å². The number of nitrogens with zero attached hydrogens (tertiary/aromatic N) is 3. The third-order valence-corrected chi connectivity index (χ3v) is 3.15. The van der Waals surface area contributed by atoms with Crippen LogP contribution in [0.2, 0.25) is 0 Å². The summed E-state index contributed by atoms with van der Waals surface area (Å²) in [5, 5.41) is 2.98. The minimum absolute atomic E-state index is 0.519. The van der Waals surface area contributed by atoms with E-state index in [4.69, 9.17) is 5.73 Å². The highest BCUT2D eigenvalue weighted by Gasteiger charge is 2.10. The van der Waals surface area contributed by atoms with Gasteiger partial charge in [-0.25, -0.2) is 0 Å². The first kappa shape index (κ1) is 15.0. The predicted octanol–water partition coefficient (Wildman–Crippen LogP) is 0.104. The fraction of sp³-hybridized carbons (Fsp3) is 0.769. The maximum absolute atomic E-state index is 5.69. The number of guanidine groups is 1. The Labute approximate surface area is 111 Å². The van der Waals surface area contributed by atoms with Gasteiger partial charge in [-0.1, -0.05) is 6.08 Å². The summed E-state index contributed by atoms with van der Waals surface area (Å²) in [7, 11) is 2.19. The van der Waals surface area contributed by atoms with Gasteiger partial charge in [0, 0.05) is 26.2 Å². The number of nitrogens with one attached hydrogen (secondary N) is 1. The van der Waals surface area contributed by atoms with Gasteiger partial charge in [0.1, 0.15) is 0 Å². The number of hydrogen-bond donors (Lipinski definition) is 2. The van der Waals surface area contributed by atoms with Crippen LogP contribution in [0.15, 0.2) is 17.6 Å². The Hall–Kier alpha value is -1.07. The highest BCUT2D eigenvalue weighted by Crippen LogP contribution is 2.01. The maximum atomic E-state index is 5.69. The van der Waals surface area contributed by atoms with Gasteiger partial charge in [-0.3, -0.25) is 4.99 Å². The minimum Gasteiger partial charge on any atom is -0.370 e. The first-order valence-electron chi connectivity index (χ1n) is 6.78.